The lowest BCUT2D eigenvalue weighted by Crippen LogP contribution is -1.61. The van der Waals surface area contributed by atoms with Gasteiger partial charge in [0.15, 0.2) is 0 Å². The molecule has 0 heterocycles. The number of hydrogen-bond donors (Lipinski definition) is 0. The number of aldehydes is 1. The molecule has 0 rings (SSSR count). The number of carbonyl (C=O) groups is 1. The molecule has 1 nitrogen and oxygen atoms in total. The molecule has 44 valence electrons. The van der Waals surface area contributed by atoms with Gasteiger partial charge in [-0.25, -0.2) is 0 Å². The highest BCUT2D eigenvalue weighted by Crippen LogP contribution is 1.99. The summed E-state index contributed by atoms with van der Waals surface area (Å²) in [4.78, 5) is 9.64. The van der Waals surface area contributed by atoms with E-state index < -0.39 is 0 Å². The molecular formula is C6H8OS. The van der Waals surface area contributed by atoms with Gasteiger partial charge in [-0.15, -0.1) is 18.3 Å². The molecule has 0 saturated heterocycles. The first-order valence-corrected chi connectivity index (χ1v) is 3.29. The number of carbonyl (C=O) groups excluding carboxylic acids is 1. The van der Waals surface area contributed by atoms with Crippen LogP contribution in [0.1, 0.15) is 0 Å². The van der Waals surface area contributed by atoms with Crippen LogP contribution in [0, 0.1) is 0 Å². The third-order valence-corrected chi connectivity index (χ3v) is 1.25. The van der Waals surface area contributed by atoms with Gasteiger partial charge in [-0.3, -0.25) is 4.79 Å². The molecule has 0 saturated carbocycles. The van der Waals surface area contributed by atoms with E-state index in [0.717, 1.165) is 12.0 Å². The fourth-order valence-electron chi connectivity index (χ4n) is 0.211. The van der Waals surface area contributed by atoms with Crippen molar-refractivity contribution >= 4 is 18.0 Å². The summed E-state index contributed by atoms with van der Waals surface area (Å²) in [6.45, 7) is 3.52. The first-order valence-electron chi connectivity index (χ1n) is 2.24. The second kappa shape index (κ2) is 6.50. The van der Waals surface area contributed by atoms with Gasteiger partial charge in [0.2, 0.25) is 0 Å². The largest absolute Gasteiger partial charge is 0.299 e. The van der Waals surface area contributed by atoms with Crippen molar-refractivity contribution in [3.8, 4) is 0 Å². The molecule has 0 amide bonds. The molecule has 0 N–H and O–H groups in total. The minimum atomic E-state index is 0.760. The van der Waals surface area contributed by atoms with Crippen LogP contribution in [-0.4, -0.2) is 12.0 Å². The molecule has 0 radical (unpaired) electrons. The van der Waals surface area contributed by atoms with Gasteiger partial charge in [0.1, 0.15) is 6.29 Å². The summed E-state index contributed by atoms with van der Waals surface area (Å²) in [5.41, 5.74) is 0. The van der Waals surface area contributed by atoms with Crippen molar-refractivity contribution in [2.75, 3.05) is 5.75 Å². The number of rotatable bonds is 4. The van der Waals surface area contributed by atoms with Gasteiger partial charge in [-0.05, 0) is 11.5 Å². The monoisotopic (exact) mass is 128 g/mol. The van der Waals surface area contributed by atoms with E-state index in [2.05, 4.69) is 6.58 Å². The van der Waals surface area contributed by atoms with E-state index in [1.807, 2.05) is 0 Å². The second-order valence-corrected chi connectivity index (χ2v) is 2.03. The Hall–Kier alpha value is -0.500. The first kappa shape index (κ1) is 7.50. The van der Waals surface area contributed by atoms with E-state index in [1.165, 1.54) is 6.08 Å². The van der Waals surface area contributed by atoms with Gasteiger partial charge in [0, 0.05) is 5.75 Å². The molecule has 0 spiro atoms. The Labute approximate surface area is 53.5 Å². The fraction of sp³-hybridized carbons (Fsp3) is 0.167. The predicted molar refractivity (Wildman–Crippen MR) is 37.9 cm³/mol. The standard InChI is InChI=1S/C6H8OS/c1-2-5-8-6-3-4-7/h2-4,6H,1,5H2. The third-order valence-electron chi connectivity index (χ3n) is 0.467. The molecule has 0 aliphatic rings. The summed E-state index contributed by atoms with van der Waals surface area (Å²) in [7, 11) is 0. The summed E-state index contributed by atoms with van der Waals surface area (Å²) in [6, 6.07) is 0. The van der Waals surface area contributed by atoms with E-state index >= 15 is 0 Å². The van der Waals surface area contributed by atoms with E-state index in [-0.39, 0.29) is 0 Å². The van der Waals surface area contributed by atoms with Gasteiger partial charge in [-0.1, -0.05) is 6.08 Å². The van der Waals surface area contributed by atoms with Crippen molar-refractivity contribution in [3.63, 3.8) is 0 Å². The maximum atomic E-state index is 9.64. The Morgan fingerprint density at radius 1 is 1.62 bits per heavy atom. The van der Waals surface area contributed by atoms with Crippen LogP contribution in [0.3, 0.4) is 0 Å². The van der Waals surface area contributed by atoms with Crippen LogP contribution in [0.25, 0.3) is 0 Å². The van der Waals surface area contributed by atoms with Gasteiger partial charge in [-0.2, -0.15) is 0 Å². The minimum absolute atomic E-state index is 0.760. The van der Waals surface area contributed by atoms with Crippen molar-refractivity contribution in [2.24, 2.45) is 0 Å². The zero-order valence-electron chi connectivity index (χ0n) is 4.54. The van der Waals surface area contributed by atoms with E-state index in [9.17, 15) is 4.79 Å². The van der Waals surface area contributed by atoms with Gasteiger partial charge in [0.05, 0.1) is 0 Å². The average molecular weight is 128 g/mol. The number of allylic oxidation sites excluding steroid dienone is 1. The van der Waals surface area contributed by atoms with E-state index in [0.29, 0.717) is 0 Å². The first-order chi connectivity index (χ1) is 3.91. The van der Waals surface area contributed by atoms with Gasteiger partial charge >= 0.3 is 0 Å². The van der Waals surface area contributed by atoms with Crippen LogP contribution in [0.2, 0.25) is 0 Å². The Morgan fingerprint density at radius 2 is 2.38 bits per heavy atom. The van der Waals surface area contributed by atoms with Crippen molar-refractivity contribution < 1.29 is 4.79 Å². The Bertz CT molecular complexity index is 96.7. The Kier molecular flexibility index (Phi) is 6.09. The molecule has 0 unspecified atom stereocenters. The van der Waals surface area contributed by atoms with E-state index in [4.69, 9.17) is 0 Å². The third kappa shape index (κ3) is 5.50. The molecule has 0 aromatic rings. The molecule has 8 heavy (non-hydrogen) atoms. The van der Waals surface area contributed by atoms with Crippen LogP contribution in [0.5, 0.6) is 0 Å². The quantitative estimate of drug-likeness (QED) is 0.248. The SMILES string of the molecule is C=CCSC=CC=O. The van der Waals surface area contributed by atoms with Crippen molar-refractivity contribution in [1.82, 2.24) is 0 Å². The van der Waals surface area contributed by atoms with E-state index in [1.54, 1.807) is 23.2 Å². The van der Waals surface area contributed by atoms with Gasteiger partial charge in [0.25, 0.3) is 0 Å². The molecule has 0 aliphatic carbocycles. The lowest BCUT2D eigenvalue weighted by Gasteiger charge is -1.79. The lowest BCUT2D eigenvalue weighted by atomic mass is 10.7. The maximum Gasteiger partial charge on any atom is 0.143 e. The highest BCUT2D eigenvalue weighted by molar-refractivity contribution is 8.02. The topological polar surface area (TPSA) is 17.1 Å². The van der Waals surface area contributed by atoms with Crippen LogP contribution in [-0.2, 0) is 4.79 Å². The van der Waals surface area contributed by atoms with Crippen molar-refractivity contribution in [2.45, 2.75) is 0 Å². The minimum Gasteiger partial charge on any atom is -0.299 e. The molecule has 0 bridgehead atoms. The summed E-state index contributed by atoms with van der Waals surface area (Å²) < 4.78 is 0. The van der Waals surface area contributed by atoms with Crippen molar-refractivity contribution in [1.29, 1.82) is 0 Å². The van der Waals surface area contributed by atoms with Crippen LogP contribution in [0.4, 0.5) is 0 Å². The molecule has 2 heteroatoms. The van der Waals surface area contributed by atoms with Crippen LogP contribution >= 0.6 is 11.8 Å². The summed E-state index contributed by atoms with van der Waals surface area (Å²) in [5, 5.41) is 1.74. The molecule has 0 aromatic heterocycles. The highest BCUT2D eigenvalue weighted by atomic mass is 32.2. The summed E-state index contributed by atoms with van der Waals surface area (Å²) in [6.07, 6.45) is 4.02. The fourth-order valence-corrected chi connectivity index (χ4v) is 0.634. The van der Waals surface area contributed by atoms with Gasteiger partial charge < -0.3 is 0 Å². The van der Waals surface area contributed by atoms with Crippen LogP contribution in [0.15, 0.2) is 24.1 Å². The maximum absolute atomic E-state index is 9.64. The molecule has 0 aliphatic heterocycles. The van der Waals surface area contributed by atoms with Crippen LogP contribution < -0.4 is 0 Å². The number of thioether (sulfide) groups is 1. The molecular weight excluding hydrogens is 120 g/mol. The molecule has 0 atom stereocenters. The summed E-state index contributed by atoms with van der Waals surface area (Å²) >= 11 is 1.55. The Balaban J connectivity index is 3.02. The zero-order valence-corrected chi connectivity index (χ0v) is 5.36. The zero-order chi connectivity index (χ0) is 6.24. The lowest BCUT2D eigenvalue weighted by molar-refractivity contribution is -0.104. The molecule has 0 fully saturated rings. The average Bonchev–Trinajstić information content (AvgIpc) is 1.81. The normalized spacial score (nSPS) is 9.50. The van der Waals surface area contributed by atoms with Crippen molar-refractivity contribution in [3.05, 3.63) is 24.1 Å². The number of hydrogen-bond acceptors (Lipinski definition) is 2. The Morgan fingerprint density at radius 3 is 2.88 bits per heavy atom. The highest BCUT2D eigenvalue weighted by Gasteiger charge is 1.70. The smallest absolute Gasteiger partial charge is 0.143 e. The molecule has 0 aromatic carbocycles. The predicted octanol–water partition coefficient (Wildman–Crippen LogP) is 1.62. The summed E-state index contributed by atoms with van der Waals surface area (Å²) in [5.74, 6) is 0.865. The second-order valence-electron chi connectivity index (χ2n) is 1.09.